The first-order valence-corrected chi connectivity index (χ1v) is 17.7. The van der Waals surface area contributed by atoms with Gasteiger partial charge in [0.05, 0.1) is 17.6 Å². The Morgan fingerprint density at radius 2 is 1.41 bits per heavy atom. The molecular formula is C43H45N5O3. The zero-order valence-electron chi connectivity index (χ0n) is 29.7. The van der Waals surface area contributed by atoms with Gasteiger partial charge in [-0.25, -0.2) is 0 Å². The quantitative estimate of drug-likeness (QED) is 0.0884. The summed E-state index contributed by atoms with van der Waals surface area (Å²) in [4.78, 5) is 42.6. The Labute approximate surface area is 300 Å². The van der Waals surface area contributed by atoms with Crippen LogP contribution in [0, 0.1) is 13.8 Å². The molecule has 0 saturated heterocycles. The lowest BCUT2D eigenvalue weighted by atomic mass is 9.99. The van der Waals surface area contributed by atoms with Crippen molar-refractivity contribution in [1.82, 2.24) is 15.2 Å². The molecule has 8 heteroatoms. The normalized spacial score (nSPS) is 13.7. The van der Waals surface area contributed by atoms with E-state index < -0.39 is 0 Å². The summed E-state index contributed by atoms with van der Waals surface area (Å²) in [5, 5.41) is 8.91. The number of H-pyrrole nitrogens is 1. The average Bonchev–Trinajstić information content (AvgIpc) is 3.78. The number of benzene rings is 4. The van der Waals surface area contributed by atoms with Crippen LogP contribution < -0.4 is 16.0 Å². The SMILES string of the molecule is CCN(CC)CCCNC(=O)c1c(C)[nH]c(C=C2C(=O)Nc3cc(-c4ccccc4)ccc32)c1C.O=C1Cc2ccc(-c3ccccc3)cc2N1. The van der Waals surface area contributed by atoms with Gasteiger partial charge in [-0.15, -0.1) is 0 Å². The highest BCUT2D eigenvalue weighted by Gasteiger charge is 2.26. The third kappa shape index (κ3) is 8.03. The van der Waals surface area contributed by atoms with Gasteiger partial charge in [0.1, 0.15) is 0 Å². The number of carbonyl (C=O) groups is 3. The summed E-state index contributed by atoms with van der Waals surface area (Å²) in [5.74, 6) is -0.135. The monoisotopic (exact) mass is 679 g/mol. The molecule has 0 fully saturated rings. The van der Waals surface area contributed by atoms with Crippen LogP contribution in [0.15, 0.2) is 97.1 Å². The second-order valence-electron chi connectivity index (χ2n) is 12.9. The van der Waals surface area contributed by atoms with Crippen molar-refractivity contribution < 1.29 is 14.4 Å². The molecule has 0 spiro atoms. The van der Waals surface area contributed by atoms with Crippen LogP contribution in [0.1, 0.15) is 58.7 Å². The molecule has 2 aliphatic rings. The molecule has 7 rings (SSSR count). The van der Waals surface area contributed by atoms with Gasteiger partial charge in [-0.1, -0.05) is 98.8 Å². The minimum Gasteiger partial charge on any atom is -0.358 e. The van der Waals surface area contributed by atoms with Gasteiger partial charge in [0.15, 0.2) is 0 Å². The van der Waals surface area contributed by atoms with E-state index >= 15 is 0 Å². The first-order chi connectivity index (χ1) is 24.7. The summed E-state index contributed by atoms with van der Waals surface area (Å²) in [6.07, 6.45) is 3.27. The number of nitrogens with zero attached hydrogens (tertiary/aromatic N) is 1. The zero-order valence-corrected chi connectivity index (χ0v) is 29.7. The molecule has 0 atom stereocenters. The van der Waals surface area contributed by atoms with Crippen LogP contribution in [0.4, 0.5) is 11.4 Å². The van der Waals surface area contributed by atoms with Crippen molar-refractivity contribution in [2.24, 2.45) is 0 Å². The Morgan fingerprint density at radius 1 is 0.784 bits per heavy atom. The van der Waals surface area contributed by atoms with E-state index in [2.05, 4.69) is 70.0 Å². The van der Waals surface area contributed by atoms with Gasteiger partial charge in [0, 0.05) is 34.9 Å². The topological polar surface area (TPSA) is 106 Å². The molecular weight excluding hydrogens is 635 g/mol. The zero-order chi connectivity index (χ0) is 35.9. The number of anilines is 2. The fourth-order valence-electron chi connectivity index (χ4n) is 6.71. The Hall–Kier alpha value is -5.73. The fourth-order valence-corrected chi connectivity index (χ4v) is 6.71. The highest BCUT2D eigenvalue weighted by Crippen LogP contribution is 2.37. The molecule has 5 aromatic rings. The van der Waals surface area contributed by atoms with Gasteiger partial charge in [-0.05, 0) is 91.5 Å². The molecule has 3 heterocycles. The number of amides is 3. The number of rotatable bonds is 10. The van der Waals surface area contributed by atoms with Crippen molar-refractivity contribution in [3.05, 3.63) is 131 Å². The number of carbonyl (C=O) groups excluding carboxylic acids is 3. The summed E-state index contributed by atoms with van der Waals surface area (Å²) in [5.41, 5.74) is 11.8. The Balaban J connectivity index is 0.000000231. The molecule has 0 radical (unpaired) electrons. The number of fused-ring (bicyclic) bond motifs is 2. The predicted molar refractivity (Wildman–Crippen MR) is 208 cm³/mol. The molecule has 2 aliphatic heterocycles. The molecule has 0 bridgehead atoms. The lowest BCUT2D eigenvalue weighted by Gasteiger charge is -2.17. The standard InChI is InChI=1S/C29H34N4O2.C14H11NO/c1-5-33(6-2)16-10-15-30-29(35)27-19(3)25(31-20(27)4)18-24-23-14-13-22(17-26(23)32-28(24)34)21-11-8-7-9-12-21;16-14-9-12-7-6-11(8-13(12)15-14)10-4-2-1-3-5-10/h7-9,11-14,17-18,31H,5-6,10,15-16H2,1-4H3,(H,30,35)(H,32,34);1-8H,9H2,(H,15,16). The first kappa shape index (κ1) is 35.1. The molecule has 4 N–H and O–H groups in total. The Bertz CT molecular complexity index is 2080. The third-order valence-electron chi connectivity index (χ3n) is 9.57. The van der Waals surface area contributed by atoms with E-state index in [9.17, 15) is 14.4 Å². The van der Waals surface area contributed by atoms with Crippen LogP contribution in [0.25, 0.3) is 33.9 Å². The number of hydrogen-bond donors (Lipinski definition) is 4. The number of nitrogens with one attached hydrogen (secondary N) is 4. The van der Waals surface area contributed by atoms with Crippen molar-refractivity contribution in [2.75, 3.05) is 36.8 Å². The maximum atomic E-state index is 12.9. The van der Waals surface area contributed by atoms with Crippen molar-refractivity contribution >= 4 is 40.7 Å². The van der Waals surface area contributed by atoms with Crippen molar-refractivity contribution in [2.45, 2.75) is 40.5 Å². The molecule has 0 unspecified atom stereocenters. The molecule has 260 valence electrons. The number of aromatic nitrogens is 1. The molecule has 3 amide bonds. The molecule has 0 saturated carbocycles. The van der Waals surface area contributed by atoms with Crippen LogP contribution in [-0.4, -0.2) is 53.8 Å². The van der Waals surface area contributed by atoms with Crippen LogP contribution in [0.5, 0.6) is 0 Å². The minimum absolute atomic E-state index is 0.0794. The van der Waals surface area contributed by atoms with Gasteiger partial charge in [-0.2, -0.15) is 0 Å². The van der Waals surface area contributed by atoms with E-state index in [0.717, 1.165) is 82.2 Å². The number of hydrogen-bond acceptors (Lipinski definition) is 4. The highest BCUT2D eigenvalue weighted by molar-refractivity contribution is 6.35. The van der Waals surface area contributed by atoms with Gasteiger partial charge in [0.2, 0.25) is 5.91 Å². The Morgan fingerprint density at radius 3 is 2.06 bits per heavy atom. The maximum absolute atomic E-state index is 12.9. The molecule has 51 heavy (non-hydrogen) atoms. The molecule has 0 aliphatic carbocycles. The largest absolute Gasteiger partial charge is 0.358 e. The third-order valence-corrected chi connectivity index (χ3v) is 9.57. The predicted octanol–water partition coefficient (Wildman–Crippen LogP) is 8.10. The summed E-state index contributed by atoms with van der Waals surface area (Å²) < 4.78 is 0. The smallest absolute Gasteiger partial charge is 0.256 e. The van der Waals surface area contributed by atoms with Crippen molar-refractivity contribution in [3.63, 3.8) is 0 Å². The van der Waals surface area contributed by atoms with Crippen LogP contribution in [-0.2, 0) is 16.0 Å². The van der Waals surface area contributed by atoms with Gasteiger partial charge in [-0.3, -0.25) is 14.4 Å². The maximum Gasteiger partial charge on any atom is 0.256 e. The lowest BCUT2D eigenvalue weighted by Crippen LogP contribution is -2.30. The number of aryl methyl sites for hydroxylation is 1. The van der Waals surface area contributed by atoms with E-state index in [0.29, 0.717) is 24.1 Å². The highest BCUT2D eigenvalue weighted by atomic mass is 16.2. The fraction of sp³-hybridized carbons (Fsp3) is 0.233. The average molecular weight is 680 g/mol. The Kier molecular flexibility index (Phi) is 10.9. The van der Waals surface area contributed by atoms with E-state index in [4.69, 9.17) is 0 Å². The molecule has 1 aromatic heterocycles. The summed E-state index contributed by atoms with van der Waals surface area (Å²) in [6.45, 7) is 11.8. The summed E-state index contributed by atoms with van der Waals surface area (Å²) in [6, 6.07) is 32.4. The van der Waals surface area contributed by atoms with Gasteiger partial charge >= 0.3 is 0 Å². The van der Waals surface area contributed by atoms with Crippen LogP contribution in [0.3, 0.4) is 0 Å². The van der Waals surface area contributed by atoms with E-state index in [-0.39, 0.29) is 17.7 Å². The van der Waals surface area contributed by atoms with Gasteiger partial charge < -0.3 is 25.8 Å². The summed E-state index contributed by atoms with van der Waals surface area (Å²) in [7, 11) is 0. The lowest BCUT2D eigenvalue weighted by molar-refractivity contribution is -0.115. The number of aromatic amines is 1. The molecule has 8 nitrogen and oxygen atoms in total. The first-order valence-electron chi connectivity index (χ1n) is 17.7. The second-order valence-corrected chi connectivity index (χ2v) is 12.9. The van der Waals surface area contributed by atoms with Crippen molar-refractivity contribution in [3.8, 4) is 22.3 Å². The van der Waals surface area contributed by atoms with E-state index in [1.54, 1.807) is 0 Å². The molecule has 4 aromatic carbocycles. The minimum atomic E-state index is -0.140. The van der Waals surface area contributed by atoms with Gasteiger partial charge in [0.25, 0.3) is 11.8 Å². The van der Waals surface area contributed by atoms with Crippen LogP contribution in [0.2, 0.25) is 0 Å². The second kappa shape index (κ2) is 15.9. The summed E-state index contributed by atoms with van der Waals surface area (Å²) >= 11 is 0. The van der Waals surface area contributed by atoms with E-state index in [1.807, 2.05) is 86.7 Å². The van der Waals surface area contributed by atoms with Crippen LogP contribution >= 0.6 is 0 Å². The van der Waals surface area contributed by atoms with E-state index in [1.165, 1.54) is 5.56 Å². The van der Waals surface area contributed by atoms with Crippen molar-refractivity contribution in [1.29, 1.82) is 0 Å².